The summed E-state index contributed by atoms with van der Waals surface area (Å²) in [6.07, 6.45) is 3.64. The van der Waals surface area contributed by atoms with Gasteiger partial charge in [-0.2, -0.15) is 0 Å². The SMILES string of the molecule is CC(C)CCCC(C)NC(=O)CCC(O)c1ccccc1. The van der Waals surface area contributed by atoms with Crippen molar-refractivity contribution in [3.8, 4) is 0 Å². The number of aliphatic hydroxyl groups excluding tert-OH is 1. The highest BCUT2D eigenvalue weighted by Gasteiger charge is 2.12. The zero-order valence-corrected chi connectivity index (χ0v) is 13.5. The highest BCUT2D eigenvalue weighted by molar-refractivity contribution is 5.76. The van der Waals surface area contributed by atoms with Crippen LogP contribution in [0.2, 0.25) is 0 Å². The Balaban J connectivity index is 2.21. The molecule has 3 heteroatoms. The lowest BCUT2D eigenvalue weighted by molar-refractivity contribution is -0.122. The largest absolute Gasteiger partial charge is 0.388 e. The van der Waals surface area contributed by atoms with Crippen LogP contribution in [0.3, 0.4) is 0 Å². The van der Waals surface area contributed by atoms with Gasteiger partial charge in [-0.3, -0.25) is 4.79 Å². The van der Waals surface area contributed by atoms with Gasteiger partial charge in [-0.1, -0.05) is 57.0 Å². The van der Waals surface area contributed by atoms with Gasteiger partial charge in [0.2, 0.25) is 5.91 Å². The topological polar surface area (TPSA) is 49.3 Å². The summed E-state index contributed by atoms with van der Waals surface area (Å²) in [6, 6.07) is 9.70. The first kappa shape index (κ1) is 17.7. The van der Waals surface area contributed by atoms with Crippen molar-refractivity contribution >= 4 is 5.91 Å². The fraction of sp³-hybridized carbons (Fsp3) is 0.611. The molecule has 0 radical (unpaired) electrons. The van der Waals surface area contributed by atoms with E-state index in [0.29, 0.717) is 18.8 Å². The first-order chi connectivity index (χ1) is 9.99. The predicted molar refractivity (Wildman–Crippen MR) is 86.9 cm³/mol. The number of carbonyl (C=O) groups excluding carboxylic acids is 1. The molecule has 0 aromatic heterocycles. The van der Waals surface area contributed by atoms with Crippen molar-refractivity contribution in [3.05, 3.63) is 35.9 Å². The minimum atomic E-state index is -0.562. The summed E-state index contributed by atoms with van der Waals surface area (Å²) in [5.74, 6) is 0.746. The zero-order chi connectivity index (χ0) is 15.7. The van der Waals surface area contributed by atoms with Crippen LogP contribution in [-0.4, -0.2) is 17.1 Å². The van der Waals surface area contributed by atoms with Gasteiger partial charge in [0.15, 0.2) is 0 Å². The Kier molecular flexibility index (Phi) is 8.06. The van der Waals surface area contributed by atoms with Crippen LogP contribution in [-0.2, 0) is 4.79 Å². The molecule has 0 aliphatic rings. The van der Waals surface area contributed by atoms with E-state index < -0.39 is 6.10 Å². The molecule has 118 valence electrons. The molecule has 1 rings (SSSR count). The molecular weight excluding hydrogens is 262 g/mol. The van der Waals surface area contributed by atoms with E-state index in [4.69, 9.17) is 0 Å². The van der Waals surface area contributed by atoms with Crippen LogP contribution in [0, 0.1) is 5.92 Å². The lowest BCUT2D eigenvalue weighted by atomic mass is 10.0. The summed E-state index contributed by atoms with van der Waals surface area (Å²) in [7, 11) is 0. The molecule has 2 unspecified atom stereocenters. The van der Waals surface area contributed by atoms with Crippen LogP contribution in [0.1, 0.15) is 64.5 Å². The molecule has 2 atom stereocenters. The van der Waals surface area contributed by atoms with E-state index in [-0.39, 0.29) is 11.9 Å². The van der Waals surface area contributed by atoms with Gasteiger partial charge in [0, 0.05) is 12.5 Å². The average molecular weight is 291 g/mol. The van der Waals surface area contributed by atoms with E-state index in [2.05, 4.69) is 19.2 Å². The van der Waals surface area contributed by atoms with Gasteiger partial charge >= 0.3 is 0 Å². The van der Waals surface area contributed by atoms with E-state index in [1.54, 1.807) is 0 Å². The molecule has 2 N–H and O–H groups in total. The minimum absolute atomic E-state index is 0.0297. The van der Waals surface area contributed by atoms with E-state index in [1.165, 1.54) is 6.42 Å². The summed E-state index contributed by atoms with van der Waals surface area (Å²) in [5.41, 5.74) is 0.871. The molecule has 1 aromatic rings. The third-order valence-electron chi connectivity index (χ3n) is 3.66. The van der Waals surface area contributed by atoms with Crippen molar-refractivity contribution in [1.82, 2.24) is 5.32 Å². The first-order valence-electron chi connectivity index (χ1n) is 8.01. The molecule has 1 aromatic carbocycles. The van der Waals surface area contributed by atoms with Crippen LogP contribution in [0.25, 0.3) is 0 Å². The van der Waals surface area contributed by atoms with Gasteiger partial charge in [-0.15, -0.1) is 0 Å². The normalized spacial score (nSPS) is 14.0. The molecule has 0 spiro atoms. The van der Waals surface area contributed by atoms with Gasteiger partial charge in [0.05, 0.1) is 6.10 Å². The molecule has 0 bridgehead atoms. The molecule has 3 nitrogen and oxygen atoms in total. The van der Waals surface area contributed by atoms with Crippen molar-refractivity contribution in [2.24, 2.45) is 5.92 Å². The number of carbonyl (C=O) groups is 1. The molecule has 21 heavy (non-hydrogen) atoms. The Morgan fingerprint density at radius 3 is 2.38 bits per heavy atom. The third-order valence-corrected chi connectivity index (χ3v) is 3.66. The third kappa shape index (κ3) is 7.86. The number of rotatable bonds is 9. The second-order valence-electron chi connectivity index (χ2n) is 6.26. The monoisotopic (exact) mass is 291 g/mol. The number of benzene rings is 1. The zero-order valence-electron chi connectivity index (χ0n) is 13.5. The average Bonchev–Trinajstić information content (AvgIpc) is 2.45. The predicted octanol–water partition coefficient (Wildman–Crippen LogP) is 3.83. The Bertz CT molecular complexity index is 403. The van der Waals surface area contributed by atoms with E-state index in [0.717, 1.165) is 18.4 Å². The van der Waals surface area contributed by atoms with Crippen LogP contribution in [0.5, 0.6) is 0 Å². The van der Waals surface area contributed by atoms with Crippen molar-refractivity contribution in [2.45, 2.75) is 65.0 Å². The highest BCUT2D eigenvalue weighted by atomic mass is 16.3. The lowest BCUT2D eigenvalue weighted by Gasteiger charge is -2.15. The van der Waals surface area contributed by atoms with Crippen LogP contribution >= 0.6 is 0 Å². The maximum atomic E-state index is 11.9. The van der Waals surface area contributed by atoms with Crippen molar-refractivity contribution < 1.29 is 9.90 Å². The van der Waals surface area contributed by atoms with Gasteiger partial charge in [-0.05, 0) is 31.2 Å². The second-order valence-corrected chi connectivity index (χ2v) is 6.26. The van der Waals surface area contributed by atoms with Crippen LogP contribution in [0.15, 0.2) is 30.3 Å². The van der Waals surface area contributed by atoms with E-state index >= 15 is 0 Å². The summed E-state index contributed by atoms with van der Waals surface area (Å²) >= 11 is 0. The summed E-state index contributed by atoms with van der Waals surface area (Å²) in [4.78, 5) is 11.9. The van der Waals surface area contributed by atoms with Crippen molar-refractivity contribution in [2.75, 3.05) is 0 Å². The summed E-state index contributed by atoms with van der Waals surface area (Å²) < 4.78 is 0. The standard InChI is InChI=1S/C18H29NO2/c1-14(2)8-7-9-15(3)19-18(21)13-12-17(20)16-10-5-4-6-11-16/h4-6,10-11,14-15,17,20H,7-9,12-13H2,1-3H3,(H,19,21). The lowest BCUT2D eigenvalue weighted by Crippen LogP contribution is -2.32. The Morgan fingerprint density at radius 2 is 1.76 bits per heavy atom. The minimum Gasteiger partial charge on any atom is -0.388 e. The Labute approximate surface area is 128 Å². The van der Waals surface area contributed by atoms with Gasteiger partial charge in [0.1, 0.15) is 0 Å². The van der Waals surface area contributed by atoms with Crippen LogP contribution in [0.4, 0.5) is 0 Å². The number of nitrogens with one attached hydrogen (secondary N) is 1. The molecule has 0 aliphatic heterocycles. The number of hydrogen-bond acceptors (Lipinski definition) is 2. The van der Waals surface area contributed by atoms with E-state index in [9.17, 15) is 9.90 Å². The van der Waals surface area contributed by atoms with E-state index in [1.807, 2.05) is 37.3 Å². The second kappa shape index (κ2) is 9.56. The van der Waals surface area contributed by atoms with Gasteiger partial charge < -0.3 is 10.4 Å². The molecule has 1 amide bonds. The Hall–Kier alpha value is -1.35. The molecule has 0 aliphatic carbocycles. The summed E-state index contributed by atoms with van der Waals surface area (Å²) in [6.45, 7) is 6.48. The molecule has 0 fully saturated rings. The molecule has 0 saturated carbocycles. The molecule has 0 heterocycles. The van der Waals surface area contributed by atoms with Crippen molar-refractivity contribution in [3.63, 3.8) is 0 Å². The van der Waals surface area contributed by atoms with Gasteiger partial charge in [0.25, 0.3) is 0 Å². The fourth-order valence-corrected chi connectivity index (χ4v) is 2.36. The first-order valence-corrected chi connectivity index (χ1v) is 8.01. The quantitative estimate of drug-likeness (QED) is 0.726. The van der Waals surface area contributed by atoms with Gasteiger partial charge in [-0.25, -0.2) is 0 Å². The maximum Gasteiger partial charge on any atom is 0.220 e. The molecular formula is C18H29NO2. The van der Waals surface area contributed by atoms with Crippen molar-refractivity contribution in [1.29, 1.82) is 0 Å². The smallest absolute Gasteiger partial charge is 0.220 e. The number of amides is 1. The molecule has 0 saturated heterocycles. The van der Waals surface area contributed by atoms with Crippen LogP contribution < -0.4 is 5.32 Å². The maximum absolute atomic E-state index is 11.9. The Morgan fingerprint density at radius 1 is 1.10 bits per heavy atom. The number of aliphatic hydroxyl groups is 1. The summed E-state index contributed by atoms with van der Waals surface area (Å²) in [5, 5.41) is 13.0. The fourth-order valence-electron chi connectivity index (χ4n) is 2.36. The number of hydrogen-bond donors (Lipinski definition) is 2. The highest BCUT2D eigenvalue weighted by Crippen LogP contribution is 2.17.